The molecule has 0 saturated carbocycles. The van der Waals surface area contributed by atoms with Crippen LogP contribution in [0.15, 0.2) is 36.4 Å². The van der Waals surface area contributed by atoms with Gasteiger partial charge >= 0.3 is 0 Å². The van der Waals surface area contributed by atoms with Crippen molar-refractivity contribution < 1.29 is 31.5 Å². The third-order valence-corrected chi connectivity index (χ3v) is 4.82. The van der Waals surface area contributed by atoms with Crippen molar-refractivity contribution in [3.05, 3.63) is 48.0 Å². The van der Waals surface area contributed by atoms with E-state index < -0.39 is 39.8 Å². The van der Waals surface area contributed by atoms with Crippen molar-refractivity contribution in [2.75, 3.05) is 35.6 Å². The minimum absolute atomic E-state index is 0.359. The fourth-order valence-electron chi connectivity index (χ4n) is 2.52. The van der Waals surface area contributed by atoms with E-state index in [0.29, 0.717) is 40.8 Å². The lowest BCUT2D eigenvalue weighted by molar-refractivity contribution is -0.114. The van der Waals surface area contributed by atoms with Crippen molar-refractivity contribution in [2.45, 2.75) is 0 Å². The highest BCUT2D eigenvalue weighted by atomic mass is 32.2. The SMILES string of the molecule is CS(=O)(=O)N(CC(=O)Nc1ccc2c(c1)OCCO2)c1ccc(F)cc1F. The third-order valence-electron chi connectivity index (χ3n) is 3.69. The molecule has 1 amide bonds. The van der Waals surface area contributed by atoms with Crippen LogP contribution in [0, 0.1) is 11.6 Å². The maximum atomic E-state index is 14.0. The number of sulfonamides is 1. The van der Waals surface area contributed by atoms with Crippen molar-refractivity contribution in [2.24, 2.45) is 0 Å². The average Bonchev–Trinajstić information content (AvgIpc) is 2.59. The van der Waals surface area contributed by atoms with E-state index in [0.717, 1.165) is 18.4 Å². The maximum Gasteiger partial charge on any atom is 0.245 e. The van der Waals surface area contributed by atoms with Gasteiger partial charge in [-0.3, -0.25) is 9.10 Å². The average molecular weight is 398 g/mol. The summed E-state index contributed by atoms with van der Waals surface area (Å²) in [6.07, 6.45) is 0.827. The van der Waals surface area contributed by atoms with Gasteiger partial charge in [0.2, 0.25) is 15.9 Å². The monoisotopic (exact) mass is 398 g/mol. The molecule has 2 aromatic carbocycles. The second-order valence-corrected chi connectivity index (χ2v) is 7.68. The molecule has 7 nitrogen and oxygen atoms in total. The van der Waals surface area contributed by atoms with E-state index in [9.17, 15) is 22.0 Å². The molecule has 0 radical (unpaired) electrons. The number of hydrogen-bond acceptors (Lipinski definition) is 5. The molecule has 144 valence electrons. The van der Waals surface area contributed by atoms with Crippen molar-refractivity contribution in [1.82, 2.24) is 0 Å². The Hall–Kier alpha value is -2.88. The van der Waals surface area contributed by atoms with Crippen LogP contribution in [0.3, 0.4) is 0 Å². The Labute approximate surface area is 154 Å². The smallest absolute Gasteiger partial charge is 0.245 e. The number of carbonyl (C=O) groups is 1. The molecule has 1 heterocycles. The molecule has 10 heteroatoms. The fraction of sp³-hybridized carbons (Fsp3) is 0.235. The van der Waals surface area contributed by atoms with Gasteiger partial charge in [-0.25, -0.2) is 17.2 Å². The molecule has 0 saturated heterocycles. The van der Waals surface area contributed by atoms with Crippen molar-refractivity contribution in [3.63, 3.8) is 0 Å². The minimum atomic E-state index is -3.99. The minimum Gasteiger partial charge on any atom is -0.486 e. The summed E-state index contributed by atoms with van der Waals surface area (Å²) in [5, 5.41) is 2.52. The first kappa shape index (κ1) is 18.9. The van der Waals surface area contributed by atoms with E-state index in [1.807, 2.05) is 0 Å². The predicted molar refractivity (Wildman–Crippen MR) is 94.6 cm³/mol. The number of rotatable bonds is 5. The molecule has 0 aromatic heterocycles. The Bertz CT molecular complexity index is 981. The van der Waals surface area contributed by atoms with E-state index in [2.05, 4.69) is 5.32 Å². The van der Waals surface area contributed by atoms with Gasteiger partial charge in [-0.2, -0.15) is 0 Å². The van der Waals surface area contributed by atoms with Crippen molar-refractivity contribution in [3.8, 4) is 11.5 Å². The largest absolute Gasteiger partial charge is 0.486 e. The molecule has 0 unspecified atom stereocenters. The van der Waals surface area contributed by atoms with E-state index in [-0.39, 0.29) is 0 Å². The molecule has 0 atom stereocenters. The summed E-state index contributed by atoms with van der Waals surface area (Å²) in [6.45, 7) is 0.108. The summed E-state index contributed by atoms with van der Waals surface area (Å²) >= 11 is 0. The summed E-state index contributed by atoms with van der Waals surface area (Å²) in [5.74, 6) is -1.67. The maximum absolute atomic E-state index is 14.0. The summed E-state index contributed by atoms with van der Waals surface area (Å²) < 4.78 is 62.4. The lowest BCUT2D eigenvalue weighted by atomic mass is 10.2. The second kappa shape index (κ2) is 7.39. The molecular formula is C17H16F2N2O5S. The zero-order valence-corrected chi connectivity index (χ0v) is 15.1. The predicted octanol–water partition coefficient (Wildman–Crippen LogP) is 2.14. The number of benzene rings is 2. The number of hydrogen-bond donors (Lipinski definition) is 1. The highest BCUT2D eigenvalue weighted by Crippen LogP contribution is 2.32. The van der Waals surface area contributed by atoms with E-state index in [4.69, 9.17) is 9.47 Å². The molecule has 0 fully saturated rings. The quantitative estimate of drug-likeness (QED) is 0.834. The van der Waals surface area contributed by atoms with Gasteiger partial charge in [0.05, 0.1) is 11.9 Å². The first-order valence-corrected chi connectivity index (χ1v) is 9.71. The van der Waals surface area contributed by atoms with Crippen LogP contribution in [0.1, 0.15) is 0 Å². The molecule has 27 heavy (non-hydrogen) atoms. The third kappa shape index (κ3) is 4.45. The van der Waals surface area contributed by atoms with Gasteiger partial charge < -0.3 is 14.8 Å². The van der Waals surface area contributed by atoms with Crippen LogP contribution < -0.4 is 19.1 Å². The standard InChI is InChI=1S/C17H16F2N2O5S/c1-27(23,24)21(14-4-2-11(18)8-13(14)19)10-17(22)20-12-3-5-15-16(9-12)26-7-6-25-15/h2-5,8-9H,6-7,10H2,1H3,(H,20,22). The summed E-state index contributed by atoms with van der Waals surface area (Å²) in [5.41, 5.74) is -0.0616. The first-order valence-electron chi connectivity index (χ1n) is 7.86. The fourth-order valence-corrected chi connectivity index (χ4v) is 3.37. The Morgan fingerprint density at radius 2 is 1.81 bits per heavy atom. The molecule has 1 N–H and O–H groups in total. The van der Waals surface area contributed by atoms with E-state index in [1.165, 1.54) is 6.07 Å². The number of carbonyl (C=O) groups excluding carboxylic acids is 1. The molecule has 1 aliphatic rings. The number of anilines is 2. The van der Waals surface area contributed by atoms with Gasteiger partial charge in [-0.15, -0.1) is 0 Å². The normalized spacial score (nSPS) is 13.1. The summed E-state index contributed by atoms with van der Waals surface area (Å²) in [7, 11) is -3.99. The van der Waals surface area contributed by atoms with Gasteiger partial charge in [-0.05, 0) is 24.3 Å². The van der Waals surface area contributed by atoms with Crippen LogP contribution in [0.5, 0.6) is 11.5 Å². The molecular weight excluding hydrogens is 382 g/mol. The zero-order chi connectivity index (χ0) is 19.6. The van der Waals surface area contributed by atoms with Gasteiger partial charge in [0.1, 0.15) is 31.4 Å². The van der Waals surface area contributed by atoms with Crippen LogP contribution in [0.4, 0.5) is 20.2 Å². The Kier molecular flexibility index (Phi) is 5.17. The molecule has 2 aromatic rings. The lowest BCUT2D eigenvalue weighted by Crippen LogP contribution is -2.38. The molecule has 0 spiro atoms. The van der Waals surface area contributed by atoms with Gasteiger partial charge in [-0.1, -0.05) is 0 Å². The molecule has 0 aliphatic carbocycles. The van der Waals surface area contributed by atoms with Crippen LogP contribution in [-0.4, -0.2) is 40.3 Å². The highest BCUT2D eigenvalue weighted by Gasteiger charge is 2.24. The van der Waals surface area contributed by atoms with Crippen LogP contribution in [0.25, 0.3) is 0 Å². The van der Waals surface area contributed by atoms with E-state index >= 15 is 0 Å². The number of fused-ring (bicyclic) bond motifs is 1. The van der Waals surface area contributed by atoms with Crippen LogP contribution >= 0.6 is 0 Å². The summed E-state index contributed by atoms with van der Waals surface area (Å²) in [4.78, 5) is 12.3. The summed E-state index contributed by atoms with van der Waals surface area (Å²) in [6, 6.07) is 7.13. The molecule has 3 rings (SSSR count). The van der Waals surface area contributed by atoms with Crippen molar-refractivity contribution in [1.29, 1.82) is 0 Å². The number of nitrogens with zero attached hydrogens (tertiary/aromatic N) is 1. The second-order valence-electron chi connectivity index (χ2n) is 5.77. The van der Waals surface area contributed by atoms with Crippen LogP contribution in [-0.2, 0) is 14.8 Å². The van der Waals surface area contributed by atoms with E-state index in [1.54, 1.807) is 12.1 Å². The Morgan fingerprint density at radius 3 is 2.48 bits per heavy atom. The zero-order valence-electron chi connectivity index (χ0n) is 14.2. The van der Waals surface area contributed by atoms with Gasteiger partial charge in [0.15, 0.2) is 11.5 Å². The topological polar surface area (TPSA) is 84.9 Å². The molecule has 1 aliphatic heterocycles. The van der Waals surface area contributed by atoms with Gasteiger partial charge in [0, 0.05) is 17.8 Å². The Balaban J connectivity index is 1.79. The number of ether oxygens (including phenoxy) is 2. The highest BCUT2D eigenvalue weighted by molar-refractivity contribution is 7.92. The number of nitrogens with one attached hydrogen (secondary N) is 1. The first-order chi connectivity index (χ1) is 12.7. The number of amides is 1. The van der Waals surface area contributed by atoms with Crippen molar-refractivity contribution >= 4 is 27.3 Å². The molecule has 0 bridgehead atoms. The number of halogens is 2. The van der Waals surface area contributed by atoms with Gasteiger partial charge in [0.25, 0.3) is 0 Å². The Morgan fingerprint density at radius 1 is 1.11 bits per heavy atom. The lowest BCUT2D eigenvalue weighted by Gasteiger charge is -2.23. The van der Waals surface area contributed by atoms with Crippen LogP contribution in [0.2, 0.25) is 0 Å².